The summed E-state index contributed by atoms with van der Waals surface area (Å²) in [7, 11) is -3.74. The maximum atomic E-state index is 13.3. The summed E-state index contributed by atoms with van der Waals surface area (Å²) in [5.74, 6) is 0.168. The Kier molecular flexibility index (Phi) is 5.41. The highest BCUT2D eigenvalue weighted by Gasteiger charge is 2.33. The molecule has 11 heteroatoms. The van der Waals surface area contributed by atoms with Crippen LogP contribution in [-0.2, 0) is 16.6 Å². The minimum atomic E-state index is -3.74. The zero-order chi connectivity index (χ0) is 19.7. The molecule has 0 atom stereocenters. The first kappa shape index (κ1) is 19.4. The maximum Gasteiger partial charge on any atom is 0.320 e. The van der Waals surface area contributed by atoms with Gasteiger partial charge in [0.2, 0.25) is 10.0 Å². The second-order valence-electron chi connectivity index (χ2n) is 6.41. The van der Waals surface area contributed by atoms with Gasteiger partial charge in [0.15, 0.2) is 0 Å². The number of carbonyl (C=O) groups is 1. The Morgan fingerprint density at radius 1 is 1.32 bits per heavy atom. The second kappa shape index (κ2) is 7.82. The van der Waals surface area contributed by atoms with Gasteiger partial charge in [0, 0.05) is 39.5 Å². The number of nitrogens with one attached hydrogen (secondary N) is 3. The van der Waals surface area contributed by atoms with Crippen molar-refractivity contribution in [2.75, 3.05) is 18.4 Å². The van der Waals surface area contributed by atoms with Crippen LogP contribution in [0.25, 0.3) is 10.9 Å². The van der Waals surface area contributed by atoms with Crippen LogP contribution in [0, 0.1) is 0 Å². The molecule has 0 aliphatic carbocycles. The van der Waals surface area contributed by atoms with E-state index in [1.54, 1.807) is 23.8 Å². The highest BCUT2D eigenvalue weighted by molar-refractivity contribution is 9.10. The van der Waals surface area contributed by atoms with Crippen LogP contribution in [0.5, 0.6) is 0 Å². The molecule has 3 N–H and O–H groups in total. The zero-order valence-corrected chi connectivity index (χ0v) is 18.0. The summed E-state index contributed by atoms with van der Waals surface area (Å²) in [5.41, 5.74) is 2.32. The second-order valence-corrected chi connectivity index (χ2v) is 10.2. The molecule has 28 heavy (non-hydrogen) atoms. The van der Waals surface area contributed by atoms with Crippen LogP contribution in [0.3, 0.4) is 0 Å². The third-order valence-corrected chi connectivity index (χ3v) is 7.78. The molecule has 0 bridgehead atoms. The molecule has 3 heterocycles. The van der Waals surface area contributed by atoms with Crippen molar-refractivity contribution in [2.45, 2.75) is 24.3 Å². The fraction of sp³-hybridized carbons (Fsp3) is 0.294. The highest BCUT2D eigenvalue weighted by Crippen LogP contribution is 2.35. The monoisotopic (exact) mass is 483 g/mol. The number of aromatic amines is 1. The molecule has 0 saturated carbocycles. The lowest BCUT2D eigenvalue weighted by molar-refractivity contribution is 0.251. The number of sulfonamides is 1. The van der Waals surface area contributed by atoms with Crippen LogP contribution >= 0.6 is 27.3 Å². The molecular weight excluding hydrogens is 466 g/mol. The number of halogens is 1. The van der Waals surface area contributed by atoms with E-state index in [0.29, 0.717) is 30.5 Å². The molecule has 1 fully saturated rings. The number of carbonyl (C=O) groups excluding carboxylic acids is 1. The molecular formula is C17H18BrN5O3S2. The number of hydrogen-bond donors (Lipinski definition) is 3. The van der Waals surface area contributed by atoms with Gasteiger partial charge in [0.25, 0.3) is 0 Å². The Morgan fingerprint density at radius 2 is 2.11 bits per heavy atom. The van der Waals surface area contributed by atoms with Gasteiger partial charge in [-0.1, -0.05) is 15.9 Å². The van der Waals surface area contributed by atoms with Gasteiger partial charge in [-0.25, -0.2) is 13.2 Å². The minimum Gasteiger partial charge on any atom is -0.340 e. The molecule has 0 unspecified atom stereocenters. The standard InChI is InChI=1S/C17H18BrN5O3S2/c18-11-3-4-14-13(7-11)15(28(25,26)23-5-1-2-6-23)16(21-14)22-17(24)20-9-12-8-19-10-27-12/h3-4,7-8,10,21H,1-2,5-6,9H2,(H2,20,22,24). The number of hydrogen-bond acceptors (Lipinski definition) is 5. The Bertz CT molecular complexity index is 1110. The Hall–Kier alpha value is -1.95. The summed E-state index contributed by atoms with van der Waals surface area (Å²) in [5, 5.41) is 5.93. The molecule has 4 rings (SSSR count). The number of rotatable bonds is 5. The van der Waals surface area contributed by atoms with Gasteiger partial charge in [0.1, 0.15) is 10.7 Å². The lowest BCUT2D eigenvalue weighted by Gasteiger charge is -2.16. The van der Waals surface area contributed by atoms with Crippen LogP contribution in [0.4, 0.5) is 10.6 Å². The Labute approximate surface area is 174 Å². The molecule has 3 aromatic rings. The number of H-pyrrole nitrogens is 1. The first-order chi connectivity index (χ1) is 13.4. The van der Waals surface area contributed by atoms with Crippen LogP contribution in [0.1, 0.15) is 17.7 Å². The first-order valence-corrected chi connectivity index (χ1v) is 11.8. The number of aromatic nitrogens is 2. The largest absolute Gasteiger partial charge is 0.340 e. The van der Waals surface area contributed by atoms with E-state index < -0.39 is 16.1 Å². The van der Waals surface area contributed by atoms with Crippen molar-refractivity contribution in [1.82, 2.24) is 19.6 Å². The van der Waals surface area contributed by atoms with Crippen LogP contribution < -0.4 is 10.6 Å². The summed E-state index contributed by atoms with van der Waals surface area (Å²) < 4.78 is 28.8. The number of urea groups is 1. The third kappa shape index (κ3) is 3.79. The third-order valence-electron chi connectivity index (χ3n) is 4.52. The lowest BCUT2D eigenvalue weighted by Crippen LogP contribution is -2.31. The molecule has 2 amide bonds. The molecule has 1 aliphatic heterocycles. The van der Waals surface area contributed by atoms with Crippen molar-refractivity contribution in [3.05, 3.63) is 39.3 Å². The highest BCUT2D eigenvalue weighted by atomic mass is 79.9. The fourth-order valence-electron chi connectivity index (χ4n) is 3.21. The van der Waals surface area contributed by atoms with Gasteiger partial charge in [-0.05, 0) is 31.0 Å². The maximum absolute atomic E-state index is 13.3. The number of anilines is 1. The molecule has 8 nitrogen and oxygen atoms in total. The van der Waals surface area contributed by atoms with Gasteiger partial charge in [-0.2, -0.15) is 4.31 Å². The number of fused-ring (bicyclic) bond motifs is 1. The number of nitrogens with zero attached hydrogens (tertiary/aromatic N) is 2. The van der Waals surface area contributed by atoms with E-state index in [9.17, 15) is 13.2 Å². The van der Waals surface area contributed by atoms with Crippen molar-refractivity contribution in [3.8, 4) is 0 Å². The van der Waals surface area contributed by atoms with E-state index in [1.165, 1.54) is 15.6 Å². The number of amides is 2. The fourth-order valence-corrected chi connectivity index (χ4v) is 5.91. The van der Waals surface area contributed by atoms with Gasteiger partial charge < -0.3 is 10.3 Å². The lowest BCUT2D eigenvalue weighted by atomic mass is 10.2. The van der Waals surface area contributed by atoms with Crippen LogP contribution in [0.2, 0.25) is 0 Å². The summed E-state index contributed by atoms with van der Waals surface area (Å²) in [6.45, 7) is 1.29. The van der Waals surface area contributed by atoms with E-state index in [0.717, 1.165) is 22.2 Å². The molecule has 148 valence electrons. The van der Waals surface area contributed by atoms with Crippen molar-refractivity contribution in [2.24, 2.45) is 0 Å². The van der Waals surface area contributed by atoms with Crippen molar-refractivity contribution in [3.63, 3.8) is 0 Å². The van der Waals surface area contributed by atoms with Crippen molar-refractivity contribution < 1.29 is 13.2 Å². The van der Waals surface area contributed by atoms with Gasteiger partial charge >= 0.3 is 6.03 Å². The Morgan fingerprint density at radius 3 is 2.82 bits per heavy atom. The van der Waals surface area contributed by atoms with Gasteiger partial charge in [-0.15, -0.1) is 11.3 Å². The summed E-state index contributed by atoms with van der Waals surface area (Å²) in [6, 6.07) is 4.86. The smallest absolute Gasteiger partial charge is 0.320 e. The predicted molar refractivity (Wildman–Crippen MR) is 112 cm³/mol. The minimum absolute atomic E-state index is 0.0960. The van der Waals surface area contributed by atoms with Crippen LogP contribution in [-0.4, -0.2) is 41.8 Å². The SMILES string of the molecule is O=C(NCc1cncs1)Nc1[nH]c2ccc(Br)cc2c1S(=O)(=O)N1CCCC1. The normalized spacial score (nSPS) is 15.2. The topological polar surface area (TPSA) is 107 Å². The zero-order valence-electron chi connectivity index (χ0n) is 14.7. The van der Waals surface area contributed by atoms with E-state index in [4.69, 9.17) is 0 Å². The molecule has 1 aromatic carbocycles. The summed E-state index contributed by atoms with van der Waals surface area (Å²) >= 11 is 4.83. The first-order valence-electron chi connectivity index (χ1n) is 8.69. The molecule has 0 radical (unpaired) electrons. The van der Waals surface area contributed by atoms with E-state index >= 15 is 0 Å². The quantitative estimate of drug-likeness (QED) is 0.515. The average molecular weight is 484 g/mol. The summed E-state index contributed by atoms with van der Waals surface area (Å²) in [6.07, 6.45) is 3.35. The number of benzene rings is 1. The van der Waals surface area contributed by atoms with E-state index in [1.807, 2.05) is 6.07 Å². The summed E-state index contributed by atoms with van der Waals surface area (Å²) in [4.78, 5) is 20.4. The van der Waals surface area contributed by atoms with E-state index in [2.05, 4.69) is 36.5 Å². The van der Waals surface area contributed by atoms with Crippen molar-refractivity contribution in [1.29, 1.82) is 0 Å². The van der Waals surface area contributed by atoms with Crippen LogP contribution in [0.15, 0.2) is 39.3 Å². The molecule has 0 spiro atoms. The Balaban J connectivity index is 1.68. The number of thiazole rings is 1. The average Bonchev–Trinajstić information content (AvgIpc) is 3.40. The van der Waals surface area contributed by atoms with Gasteiger partial charge in [0.05, 0.1) is 12.1 Å². The van der Waals surface area contributed by atoms with Gasteiger partial charge in [-0.3, -0.25) is 10.3 Å². The molecule has 1 aliphatic rings. The predicted octanol–water partition coefficient (Wildman–Crippen LogP) is 3.49. The molecule has 1 saturated heterocycles. The van der Waals surface area contributed by atoms with Crippen molar-refractivity contribution >= 4 is 60.0 Å². The molecule has 2 aromatic heterocycles. The van der Waals surface area contributed by atoms with E-state index in [-0.39, 0.29) is 10.7 Å².